The Labute approximate surface area is 214 Å². The summed E-state index contributed by atoms with van der Waals surface area (Å²) >= 11 is 2.94. The molecule has 5 rings (SSSR count). The average molecular weight is 535 g/mol. The molecule has 8 nitrogen and oxygen atoms in total. The second-order valence-electron chi connectivity index (χ2n) is 9.48. The summed E-state index contributed by atoms with van der Waals surface area (Å²) in [5, 5.41) is 14.6. The number of fused-ring (bicyclic) bond motifs is 1. The van der Waals surface area contributed by atoms with Gasteiger partial charge in [-0.05, 0) is 37.4 Å². The van der Waals surface area contributed by atoms with Crippen LogP contribution in [0.1, 0.15) is 19.5 Å². The largest absolute Gasteiger partial charge is 0.389 e. The molecule has 35 heavy (non-hydrogen) atoms. The molecule has 3 aromatic rings. The maximum absolute atomic E-state index is 13.6. The van der Waals surface area contributed by atoms with Crippen molar-refractivity contribution >= 4 is 54.8 Å². The number of nitrogens with one attached hydrogen (secondary N) is 1. The van der Waals surface area contributed by atoms with Crippen LogP contribution >= 0.6 is 23.1 Å². The summed E-state index contributed by atoms with van der Waals surface area (Å²) in [6, 6.07) is 10.9. The minimum Gasteiger partial charge on any atom is -0.389 e. The highest BCUT2D eigenvalue weighted by Gasteiger charge is 2.32. The molecule has 0 radical (unpaired) electrons. The molecular weight excluding hydrogens is 504 g/mol. The number of anilines is 1. The molecule has 1 atom stereocenters. The SMILES string of the molecule is CC(C)(O)CN(c1cccc2cc(C3=NCC(CN4CCOCC4)S3)[nH]c12)S(=O)(=O)c1cccs1. The highest BCUT2D eigenvalue weighted by atomic mass is 32.2. The Morgan fingerprint density at radius 2 is 2.06 bits per heavy atom. The number of hydrogen-bond donors (Lipinski definition) is 2. The van der Waals surface area contributed by atoms with Gasteiger partial charge in [-0.25, -0.2) is 8.42 Å². The first-order valence-electron chi connectivity index (χ1n) is 11.6. The van der Waals surface area contributed by atoms with Gasteiger partial charge in [0.15, 0.2) is 0 Å². The minimum atomic E-state index is -3.85. The van der Waals surface area contributed by atoms with Crippen LogP contribution in [-0.2, 0) is 14.8 Å². The van der Waals surface area contributed by atoms with Crippen LogP contribution in [0, 0.1) is 0 Å². The molecule has 0 amide bonds. The number of aromatic nitrogens is 1. The second kappa shape index (κ2) is 9.87. The van der Waals surface area contributed by atoms with Crippen LogP contribution < -0.4 is 4.31 Å². The van der Waals surface area contributed by atoms with E-state index in [1.807, 2.05) is 18.2 Å². The van der Waals surface area contributed by atoms with Crippen molar-refractivity contribution in [3.05, 3.63) is 47.5 Å². The first-order valence-corrected chi connectivity index (χ1v) is 14.8. The van der Waals surface area contributed by atoms with Gasteiger partial charge >= 0.3 is 0 Å². The molecule has 2 aliphatic heterocycles. The van der Waals surface area contributed by atoms with Crippen molar-refractivity contribution in [3.63, 3.8) is 0 Å². The summed E-state index contributed by atoms with van der Waals surface area (Å²) in [5.74, 6) is 0. The Morgan fingerprint density at radius 1 is 1.26 bits per heavy atom. The predicted octanol–water partition coefficient (Wildman–Crippen LogP) is 3.39. The van der Waals surface area contributed by atoms with E-state index in [0.717, 1.165) is 55.5 Å². The Bertz CT molecular complexity index is 1310. The summed E-state index contributed by atoms with van der Waals surface area (Å²) in [6.07, 6.45) is 0. The molecule has 1 unspecified atom stereocenters. The normalized spacial score (nSPS) is 19.9. The van der Waals surface area contributed by atoms with Gasteiger partial charge in [0.1, 0.15) is 9.25 Å². The lowest BCUT2D eigenvalue weighted by Gasteiger charge is -2.30. The Kier molecular flexibility index (Phi) is 6.99. The number of benzene rings is 1. The second-order valence-corrected chi connectivity index (χ2v) is 13.8. The standard InChI is InChI=1S/C24H30N4O4S3/c1-24(2,29)16-28(35(30,31)21-7-4-12-33-21)20-6-3-5-17-13-19(26-22(17)20)23-25-14-18(34-23)15-27-8-10-32-11-9-27/h3-7,12-13,18,26,29H,8-11,14-16H2,1-2H3. The van der Waals surface area contributed by atoms with E-state index in [1.54, 1.807) is 49.2 Å². The molecule has 2 aromatic heterocycles. The van der Waals surface area contributed by atoms with Crippen LogP contribution in [0.3, 0.4) is 0 Å². The van der Waals surface area contributed by atoms with Crippen molar-refractivity contribution in [3.8, 4) is 0 Å². The molecule has 0 spiro atoms. The molecule has 0 bridgehead atoms. The number of thioether (sulfide) groups is 1. The first kappa shape index (κ1) is 24.8. The highest BCUT2D eigenvalue weighted by molar-refractivity contribution is 8.15. The summed E-state index contributed by atoms with van der Waals surface area (Å²) < 4.78 is 34.2. The third-order valence-electron chi connectivity index (χ3n) is 5.99. The molecule has 2 aliphatic rings. The number of aliphatic imine (C=N–C) groups is 1. The van der Waals surface area contributed by atoms with Crippen LogP contribution in [0.4, 0.5) is 5.69 Å². The molecular formula is C24H30N4O4S3. The van der Waals surface area contributed by atoms with E-state index in [2.05, 4.69) is 9.88 Å². The summed E-state index contributed by atoms with van der Waals surface area (Å²) in [5.41, 5.74) is 0.892. The zero-order valence-electron chi connectivity index (χ0n) is 19.8. The maximum atomic E-state index is 13.6. The van der Waals surface area contributed by atoms with Gasteiger partial charge in [-0.1, -0.05) is 30.0 Å². The van der Waals surface area contributed by atoms with E-state index in [0.29, 0.717) is 16.5 Å². The van der Waals surface area contributed by atoms with Gasteiger partial charge in [0, 0.05) is 30.3 Å². The summed E-state index contributed by atoms with van der Waals surface area (Å²) in [7, 11) is -3.85. The molecule has 1 saturated heterocycles. The lowest BCUT2D eigenvalue weighted by atomic mass is 10.1. The molecule has 11 heteroatoms. The number of hydrogen-bond acceptors (Lipinski definition) is 8. The van der Waals surface area contributed by atoms with Gasteiger partial charge < -0.3 is 14.8 Å². The van der Waals surface area contributed by atoms with Gasteiger partial charge in [0.05, 0.1) is 48.8 Å². The fourth-order valence-corrected chi connectivity index (χ4v) is 8.24. The third-order valence-corrected chi connectivity index (χ3v) is 10.3. The van der Waals surface area contributed by atoms with Crippen molar-refractivity contribution in [2.45, 2.75) is 28.9 Å². The lowest BCUT2D eigenvalue weighted by molar-refractivity contribution is 0.0385. The van der Waals surface area contributed by atoms with Crippen LogP contribution in [0.25, 0.3) is 10.9 Å². The van der Waals surface area contributed by atoms with Gasteiger partial charge in [-0.2, -0.15) is 0 Å². The molecule has 1 fully saturated rings. The smallest absolute Gasteiger partial charge is 0.273 e. The van der Waals surface area contributed by atoms with Gasteiger partial charge in [-0.15, -0.1) is 11.3 Å². The Morgan fingerprint density at radius 3 is 2.77 bits per heavy atom. The number of ether oxygens (including phenoxy) is 1. The summed E-state index contributed by atoms with van der Waals surface area (Å²) in [6.45, 7) is 8.37. The number of H-pyrrole nitrogens is 1. The Balaban J connectivity index is 1.45. The number of sulfonamides is 1. The monoisotopic (exact) mass is 534 g/mol. The lowest BCUT2D eigenvalue weighted by Crippen LogP contribution is -2.42. The molecule has 188 valence electrons. The van der Waals surface area contributed by atoms with Crippen LogP contribution in [0.5, 0.6) is 0 Å². The quantitative estimate of drug-likeness (QED) is 0.460. The molecule has 2 N–H and O–H groups in total. The predicted molar refractivity (Wildman–Crippen MR) is 143 cm³/mol. The first-order chi connectivity index (χ1) is 16.7. The maximum Gasteiger partial charge on any atom is 0.273 e. The number of morpholine rings is 1. The zero-order chi connectivity index (χ0) is 24.6. The number of aromatic amines is 1. The van der Waals surface area contributed by atoms with Crippen molar-refractivity contribution in [2.24, 2.45) is 4.99 Å². The van der Waals surface area contributed by atoms with Crippen LogP contribution in [-0.4, -0.2) is 85.2 Å². The number of aliphatic hydroxyl groups is 1. The molecule has 1 aromatic carbocycles. The fourth-order valence-electron chi connectivity index (χ4n) is 4.37. The van der Waals surface area contributed by atoms with E-state index in [9.17, 15) is 13.5 Å². The van der Waals surface area contributed by atoms with Crippen LogP contribution in [0.2, 0.25) is 0 Å². The van der Waals surface area contributed by atoms with E-state index in [1.165, 1.54) is 15.6 Å². The minimum absolute atomic E-state index is 0.0714. The van der Waals surface area contributed by atoms with Crippen molar-refractivity contribution in [1.29, 1.82) is 0 Å². The number of thiophene rings is 1. The van der Waals surface area contributed by atoms with E-state index < -0.39 is 15.6 Å². The van der Waals surface area contributed by atoms with Crippen molar-refractivity contribution in [2.75, 3.05) is 50.2 Å². The van der Waals surface area contributed by atoms with Gasteiger partial charge in [0.25, 0.3) is 10.0 Å². The van der Waals surface area contributed by atoms with Crippen molar-refractivity contribution in [1.82, 2.24) is 9.88 Å². The number of rotatable bonds is 8. The van der Waals surface area contributed by atoms with Gasteiger partial charge in [0.2, 0.25) is 0 Å². The zero-order valence-corrected chi connectivity index (χ0v) is 22.3. The topological polar surface area (TPSA) is 98.2 Å². The van der Waals surface area contributed by atoms with E-state index >= 15 is 0 Å². The fraction of sp³-hybridized carbons (Fsp3) is 0.458. The number of para-hydroxylation sites is 1. The highest BCUT2D eigenvalue weighted by Crippen LogP contribution is 2.35. The number of nitrogens with zero attached hydrogens (tertiary/aromatic N) is 3. The van der Waals surface area contributed by atoms with Crippen LogP contribution in [0.15, 0.2) is 51.0 Å². The van der Waals surface area contributed by atoms with E-state index in [-0.39, 0.29) is 10.8 Å². The Hall–Kier alpha value is -1.89. The third kappa shape index (κ3) is 5.45. The average Bonchev–Trinajstić information content (AvgIpc) is 3.57. The summed E-state index contributed by atoms with van der Waals surface area (Å²) in [4.78, 5) is 10.7. The van der Waals surface area contributed by atoms with Crippen molar-refractivity contribution < 1.29 is 18.3 Å². The van der Waals surface area contributed by atoms with E-state index in [4.69, 9.17) is 9.73 Å². The molecule has 4 heterocycles. The van der Waals surface area contributed by atoms with Gasteiger partial charge in [-0.3, -0.25) is 14.2 Å². The molecule has 0 aliphatic carbocycles. The molecule has 0 saturated carbocycles.